The molecule has 0 saturated carbocycles. The van der Waals surface area contributed by atoms with Crippen LogP contribution in [-0.4, -0.2) is 60.9 Å². The molecule has 0 aromatic carbocycles. The minimum absolute atomic E-state index is 0.146. The van der Waals surface area contributed by atoms with Crippen LogP contribution in [0.1, 0.15) is 6.92 Å². The number of aliphatic carboxylic acids is 1. The highest BCUT2D eigenvalue weighted by Gasteiger charge is 2.35. The Balaban J connectivity index is 2.57. The number of methoxy groups -OCH3 is 1. The van der Waals surface area contributed by atoms with Crippen molar-refractivity contribution < 1.29 is 24.2 Å². The minimum Gasteiger partial charge on any atom is -0.478 e. The van der Waals surface area contributed by atoms with Crippen LogP contribution >= 0.6 is 0 Å². The molecule has 0 aliphatic carbocycles. The van der Waals surface area contributed by atoms with Gasteiger partial charge in [-0.3, -0.25) is 4.79 Å². The Kier molecular flexibility index (Phi) is 5.11. The Morgan fingerprint density at radius 3 is 2.53 bits per heavy atom. The number of carbonyl (C=O) groups excluding carboxylic acids is 1. The van der Waals surface area contributed by atoms with Crippen molar-refractivity contribution in [3.8, 4) is 0 Å². The predicted molar refractivity (Wildman–Crippen MR) is 59.6 cm³/mol. The molecule has 0 aromatic heterocycles. The van der Waals surface area contributed by atoms with Gasteiger partial charge in [-0.2, -0.15) is 0 Å². The smallest absolute Gasteiger partial charge is 0.328 e. The van der Waals surface area contributed by atoms with Crippen LogP contribution < -0.4 is 0 Å². The zero-order chi connectivity index (χ0) is 12.8. The number of hydrogen-bond donors (Lipinski definition) is 1. The molecule has 0 unspecified atom stereocenters. The monoisotopic (exact) mass is 243 g/mol. The quantitative estimate of drug-likeness (QED) is 0.682. The van der Waals surface area contributed by atoms with Crippen molar-refractivity contribution in [1.29, 1.82) is 0 Å². The SMILES string of the molecule is CCO[C@H]1CN(C(=O)/C=C/C(=O)O)C[C@H]1OC. The lowest BCUT2D eigenvalue weighted by Crippen LogP contribution is -2.29. The van der Waals surface area contributed by atoms with Crippen molar-refractivity contribution in [3.05, 3.63) is 12.2 Å². The van der Waals surface area contributed by atoms with Gasteiger partial charge in [0.1, 0.15) is 12.2 Å². The second-order valence-corrected chi connectivity index (χ2v) is 3.68. The van der Waals surface area contributed by atoms with Crippen LogP contribution in [0.25, 0.3) is 0 Å². The summed E-state index contributed by atoms with van der Waals surface area (Å²) in [6.45, 7) is 3.28. The molecule has 1 amide bonds. The molecule has 96 valence electrons. The summed E-state index contributed by atoms with van der Waals surface area (Å²) in [5, 5.41) is 8.43. The molecule has 6 heteroatoms. The van der Waals surface area contributed by atoms with Gasteiger partial charge < -0.3 is 19.5 Å². The number of carboxylic acid groups (broad SMARTS) is 1. The Hall–Kier alpha value is -1.40. The molecule has 6 nitrogen and oxygen atoms in total. The highest BCUT2D eigenvalue weighted by Crippen LogP contribution is 2.16. The zero-order valence-electron chi connectivity index (χ0n) is 9.96. The van der Waals surface area contributed by atoms with Gasteiger partial charge in [0, 0.05) is 39.0 Å². The molecule has 1 aliphatic rings. The maximum atomic E-state index is 11.6. The lowest BCUT2D eigenvalue weighted by Gasteiger charge is -2.15. The van der Waals surface area contributed by atoms with E-state index in [1.165, 1.54) is 4.90 Å². The molecule has 0 radical (unpaired) electrons. The van der Waals surface area contributed by atoms with Gasteiger partial charge in [0.2, 0.25) is 5.91 Å². The second kappa shape index (κ2) is 6.36. The van der Waals surface area contributed by atoms with Gasteiger partial charge >= 0.3 is 5.97 Å². The second-order valence-electron chi connectivity index (χ2n) is 3.68. The summed E-state index contributed by atoms with van der Waals surface area (Å²) in [5.41, 5.74) is 0. The largest absolute Gasteiger partial charge is 0.478 e. The van der Waals surface area contributed by atoms with Crippen LogP contribution in [-0.2, 0) is 19.1 Å². The van der Waals surface area contributed by atoms with Gasteiger partial charge in [-0.1, -0.05) is 0 Å². The lowest BCUT2D eigenvalue weighted by molar-refractivity contribution is -0.132. The Morgan fingerprint density at radius 2 is 2.00 bits per heavy atom. The summed E-state index contributed by atoms with van der Waals surface area (Å²) < 4.78 is 10.7. The average molecular weight is 243 g/mol. The van der Waals surface area contributed by atoms with Gasteiger partial charge in [-0.05, 0) is 6.92 Å². The summed E-state index contributed by atoms with van der Waals surface area (Å²) >= 11 is 0. The van der Waals surface area contributed by atoms with Gasteiger partial charge in [-0.25, -0.2) is 4.79 Å². The van der Waals surface area contributed by atoms with E-state index in [4.69, 9.17) is 14.6 Å². The van der Waals surface area contributed by atoms with Crippen molar-refractivity contribution >= 4 is 11.9 Å². The van der Waals surface area contributed by atoms with Gasteiger partial charge in [0.25, 0.3) is 0 Å². The molecule has 17 heavy (non-hydrogen) atoms. The Labute approximate surface area is 99.8 Å². The number of hydrogen-bond acceptors (Lipinski definition) is 4. The van der Waals surface area contributed by atoms with E-state index in [2.05, 4.69) is 0 Å². The highest BCUT2D eigenvalue weighted by atomic mass is 16.5. The van der Waals surface area contributed by atoms with Gasteiger partial charge in [-0.15, -0.1) is 0 Å². The van der Waals surface area contributed by atoms with Crippen molar-refractivity contribution in [2.24, 2.45) is 0 Å². The van der Waals surface area contributed by atoms with E-state index in [0.717, 1.165) is 12.2 Å². The number of likely N-dealkylation sites (tertiary alicyclic amines) is 1. The zero-order valence-corrected chi connectivity index (χ0v) is 9.96. The molecule has 1 rings (SSSR count). The molecule has 1 heterocycles. The normalized spacial score (nSPS) is 24.5. The van der Waals surface area contributed by atoms with Crippen LogP contribution in [0.3, 0.4) is 0 Å². The fourth-order valence-corrected chi connectivity index (χ4v) is 1.77. The van der Waals surface area contributed by atoms with Crippen molar-refractivity contribution in [2.45, 2.75) is 19.1 Å². The third kappa shape index (κ3) is 3.83. The molecule has 1 saturated heterocycles. The van der Waals surface area contributed by atoms with Crippen LogP contribution in [0, 0.1) is 0 Å². The van der Waals surface area contributed by atoms with Crippen LogP contribution in [0.15, 0.2) is 12.2 Å². The fourth-order valence-electron chi connectivity index (χ4n) is 1.77. The molecule has 0 aromatic rings. The summed E-state index contributed by atoms with van der Waals surface area (Å²) in [6, 6.07) is 0. The van der Waals surface area contributed by atoms with E-state index >= 15 is 0 Å². The van der Waals surface area contributed by atoms with Crippen LogP contribution in [0.5, 0.6) is 0 Å². The molecular weight excluding hydrogens is 226 g/mol. The first-order valence-corrected chi connectivity index (χ1v) is 5.42. The van der Waals surface area contributed by atoms with Crippen molar-refractivity contribution in [1.82, 2.24) is 4.90 Å². The standard InChI is InChI=1S/C11H17NO5/c1-3-17-9-7-12(6-8(9)16-2)10(13)4-5-11(14)15/h4-5,8-9H,3,6-7H2,1-2H3,(H,14,15)/b5-4+/t8-,9+/m1/s1. The van der Waals surface area contributed by atoms with E-state index in [9.17, 15) is 9.59 Å². The van der Waals surface area contributed by atoms with E-state index in [0.29, 0.717) is 19.7 Å². The molecule has 1 fully saturated rings. The third-order valence-corrected chi connectivity index (χ3v) is 2.58. The number of rotatable bonds is 5. The topological polar surface area (TPSA) is 76.1 Å². The summed E-state index contributed by atoms with van der Waals surface area (Å²) in [6.07, 6.45) is 1.57. The average Bonchev–Trinajstić information content (AvgIpc) is 2.69. The first-order chi connectivity index (χ1) is 8.08. The molecule has 1 N–H and O–H groups in total. The molecular formula is C11H17NO5. The minimum atomic E-state index is -1.14. The van der Waals surface area contributed by atoms with E-state index in [1.807, 2.05) is 6.92 Å². The molecule has 0 spiro atoms. The molecule has 2 atom stereocenters. The van der Waals surface area contributed by atoms with Crippen molar-refractivity contribution in [2.75, 3.05) is 26.8 Å². The molecule has 1 aliphatic heterocycles. The first kappa shape index (κ1) is 13.7. The third-order valence-electron chi connectivity index (χ3n) is 2.58. The number of carbonyl (C=O) groups is 2. The van der Waals surface area contributed by atoms with E-state index in [-0.39, 0.29) is 18.1 Å². The first-order valence-electron chi connectivity index (χ1n) is 5.42. The van der Waals surface area contributed by atoms with Gasteiger partial charge in [0.05, 0.1) is 0 Å². The van der Waals surface area contributed by atoms with Gasteiger partial charge in [0.15, 0.2) is 0 Å². The summed E-state index contributed by atoms with van der Waals surface area (Å²) in [5.74, 6) is -1.47. The summed E-state index contributed by atoms with van der Waals surface area (Å²) in [7, 11) is 1.57. The number of ether oxygens (including phenoxy) is 2. The number of carboxylic acids is 1. The van der Waals surface area contributed by atoms with Crippen molar-refractivity contribution in [3.63, 3.8) is 0 Å². The number of nitrogens with zero attached hydrogens (tertiary/aromatic N) is 1. The van der Waals surface area contributed by atoms with Crippen LogP contribution in [0.2, 0.25) is 0 Å². The van der Waals surface area contributed by atoms with E-state index < -0.39 is 5.97 Å². The Bertz CT molecular complexity index is 315. The Morgan fingerprint density at radius 1 is 1.35 bits per heavy atom. The summed E-state index contributed by atoms with van der Waals surface area (Å²) in [4.78, 5) is 23.4. The molecule has 0 bridgehead atoms. The maximum absolute atomic E-state index is 11.6. The maximum Gasteiger partial charge on any atom is 0.328 e. The van der Waals surface area contributed by atoms with Crippen LogP contribution in [0.4, 0.5) is 0 Å². The number of amides is 1. The van der Waals surface area contributed by atoms with E-state index in [1.54, 1.807) is 7.11 Å². The fraction of sp³-hybridized carbons (Fsp3) is 0.636. The highest BCUT2D eigenvalue weighted by molar-refractivity contribution is 5.94. The lowest BCUT2D eigenvalue weighted by atomic mass is 10.2. The predicted octanol–water partition coefficient (Wildman–Crippen LogP) is -0.110.